The molecule has 1 N–H and O–H groups in total. The van der Waals surface area contributed by atoms with E-state index in [-0.39, 0.29) is 11.9 Å². The molecule has 1 aromatic rings. The SMILES string of the molecule is C[C@H](COc1ccccc1)NC(=O)[C@H](C)OCC1CC1. The third-order valence-corrected chi connectivity index (χ3v) is 3.28. The average Bonchev–Trinajstić information content (AvgIpc) is 3.28. The first kappa shape index (κ1) is 14.9. The summed E-state index contributed by atoms with van der Waals surface area (Å²) in [6, 6.07) is 9.54. The first-order valence-corrected chi connectivity index (χ1v) is 7.25. The van der Waals surface area contributed by atoms with Gasteiger partial charge in [-0.25, -0.2) is 0 Å². The fraction of sp³-hybridized carbons (Fsp3) is 0.562. The van der Waals surface area contributed by atoms with E-state index < -0.39 is 6.10 Å². The lowest BCUT2D eigenvalue weighted by Crippen LogP contribution is -2.42. The van der Waals surface area contributed by atoms with Crippen LogP contribution in [0.15, 0.2) is 30.3 Å². The Morgan fingerprint density at radius 1 is 1.30 bits per heavy atom. The van der Waals surface area contributed by atoms with Gasteiger partial charge in [-0.2, -0.15) is 0 Å². The number of benzene rings is 1. The highest BCUT2D eigenvalue weighted by Crippen LogP contribution is 2.29. The van der Waals surface area contributed by atoms with Gasteiger partial charge in [-0.3, -0.25) is 4.79 Å². The molecule has 0 radical (unpaired) electrons. The minimum Gasteiger partial charge on any atom is -0.491 e. The number of carbonyl (C=O) groups is 1. The van der Waals surface area contributed by atoms with Crippen LogP contribution in [-0.4, -0.2) is 31.3 Å². The number of nitrogens with one attached hydrogen (secondary N) is 1. The Hall–Kier alpha value is -1.55. The maximum atomic E-state index is 11.9. The molecule has 0 heterocycles. The molecule has 0 spiro atoms. The topological polar surface area (TPSA) is 47.6 Å². The van der Waals surface area contributed by atoms with Gasteiger partial charge in [0.15, 0.2) is 0 Å². The summed E-state index contributed by atoms with van der Waals surface area (Å²) in [6.07, 6.45) is 2.07. The van der Waals surface area contributed by atoms with Crippen molar-refractivity contribution in [2.45, 2.75) is 38.8 Å². The van der Waals surface area contributed by atoms with E-state index >= 15 is 0 Å². The molecular weight excluding hydrogens is 254 g/mol. The Balaban J connectivity index is 1.64. The first-order valence-electron chi connectivity index (χ1n) is 7.25. The Morgan fingerprint density at radius 2 is 2.00 bits per heavy atom. The normalized spacial score (nSPS) is 17.3. The summed E-state index contributed by atoms with van der Waals surface area (Å²) in [7, 11) is 0. The summed E-state index contributed by atoms with van der Waals surface area (Å²) < 4.78 is 11.1. The molecular formula is C16H23NO3. The molecule has 1 aliphatic rings. The van der Waals surface area contributed by atoms with Crippen molar-refractivity contribution in [3.05, 3.63) is 30.3 Å². The number of rotatable bonds is 8. The van der Waals surface area contributed by atoms with Gasteiger partial charge >= 0.3 is 0 Å². The molecule has 2 atom stereocenters. The van der Waals surface area contributed by atoms with Gasteiger partial charge in [0, 0.05) is 0 Å². The molecule has 0 saturated heterocycles. The van der Waals surface area contributed by atoms with Gasteiger partial charge in [-0.1, -0.05) is 18.2 Å². The van der Waals surface area contributed by atoms with E-state index in [0.29, 0.717) is 19.1 Å². The van der Waals surface area contributed by atoms with Crippen molar-refractivity contribution >= 4 is 5.91 Å². The van der Waals surface area contributed by atoms with Gasteiger partial charge in [0.1, 0.15) is 18.5 Å². The number of hydrogen-bond donors (Lipinski definition) is 1. The first-order chi connectivity index (χ1) is 9.65. The number of carbonyl (C=O) groups excluding carboxylic acids is 1. The molecule has 1 fully saturated rings. The smallest absolute Gasteiger partial charge is 0.249 e. The van der Waals surface area contributed by atoms with E-state index in [1.54, 1.807) is 6.92 Å². The van der Waals surface area contributed by atoms with E-state index in [1.807, 2.05) is 37.3 Å². The monoisotopic (exact) mass is 277 g/mol. The standard InChI is InChI=1S/C16H23NO3/c1-12(10-20-15-6-4-3-5-7-15)17-16(18)13(2)19-11-14-8-9-14/h3-7,12-14H,8-11H2,1-2H3,(H,17,18)/t12-,13+/m1/s1. The second-order valence-electron chi connectivity index (χ2n) is 5.45. The van der Waals surface area contributed by atoms with E-state index in [0.717, 1.165) is 5.75 Å². The van der Waals surface area contributed by atoms with Crippen LogP contribution in [0.1, 0.15) is 26.7 Å². The number of para-hydroxylation sites is 1. The third-order valence-electron chi connectivity index (χ3n) is 3.28. The lowest BCUT2D eigenvalue weighted by Gasteiger charge is -2.18. The minimum absolute atomic E-state index is 0.0466. The van der Waals surface area contributed by atoms with Crippen molar-refractivity contribution in [2.75, 3.05) is 13.2 Å². The maximum Gasteiger partial charge on any atom is 0.249 e. The quantitative estimate of drug-likeness (QED) is 0.793. The predicted molar refractivity (Wildman–Crippen MR) is 77.7 cm³/mol. The van der Waals surface area contributed by atoms with Crippen LogP contribution in [0.2, 0.25) is 0 Å². The summed E-state index contributed by atoms with van der Waals surface area (Å²) in [4.78, 5) is 11.9. The Kier molecular flexibility index (Phi) is 5.41. The van der Waals surface area contributed by atoms with Crippen LogP contribution in [0, 0.1) is 5.92 Å². The van der Waals surface area contributed by atoms with Crippen LogP contribution in [0.4, 0.5) is 0 Å². The number of amides is 1. The van der Waals surface area contributed by atoms with E-state index in [2.05, 4.69) is 5.32 Å². The van der Waals surface area contributed by atoms with Gasteiger partial charge in [0.25, 0.3) is 0 Å². The van der Waals surface area contributed by atoms with Crippen molar-refractivity contribution < 1.29 is 14.3 Å². The van der Waals surface area contributed by atoms with Crippen LogP contribution >= 0.6 is 0 Å². The Bertz CT molecular complexity index is 417. The van der Waals surface area contributed by atoms with Crippen molar-refractivity contribution in [3.8, 4) is 5.75 Å². The second kappa shape index (κ2) is 7.29. The predicted octanol–water partition coefficient (Wildman–Crippen LogP) is 2.39. The molecule has 0 unspecified atom stereocenters. The summed E-state index contributed by atoms with van der Waals surface area (Å²) >= 11 is 0. The molecule has 1 saturated carbocycles. The van der Waals surface area contributed by atoms with E-state index in [1.165, 1.54) is 12.8 Å². The highest BCUT2D eigenvalue weighted by Gasteiger charge is 2.24. The van der Waals surface area contributed by atoms with Gasteiger partial charge < -0.3 is 14.8 Å². The zero-order valence-electron chi connectivity index (χ0n) is 12.2. The fourth-order valence-corrected chi connectivity index (χ4v) is 1.78. The van der Waals surface area contributed by atoms with Gasteiger partial charge in [0.05, 0.1) is 12.6 Å². The summed E-state index contributed by atoms with van der Waals surface area (Å²) in [5, 5.41) is 2.91. The highest BCUT2D eigenvalue weighted by atomic mass is 16.5. The molecule has 0 bridgehead atoms. The van der Waals surface area contributed by atoms with Crippen LogP contribution in [0.3, 0.4) is 0 Å². The molecule has 20 heavy (non-hydrogen) atoms. The lowest BCUT2D eigenvalue weighted by atomic mass is 10.3. The highest BCUT2D eigenvalue weighted by molar-refractivity contribution is 5.80. The maximum absolute atomic E-state index is 11.9. The fourth-order valence-electron chi connectivity index (χ4n) is 1.78. The van der Waals surface area contributed by atoms with Gasteiger partial charge in [0.2, 0.25) is 5.91 Å². The van der Waals surface area contributed by atoms with Crippen molar-refractivity contribution in [1.82, 2.24) is 5.32 Å². The largest absolute Gasteiger partial charge is 0.491 e. The van der Waals surface area contributed by atoms with Crippen molar-refractivity contribution in [3.63, 3.8) is 0 Å². The molecule has 2 rings (SSSR count). The summed E-state index contributed by atoms with van der Waals surface area (Å²) in [5.41, 5.74) is 0. The van der Waals surface area contributed by atoms with Crippen LogP contribution in [0.25, 0.3) is 0 Å². The zero-order chi connectivity index (χ0) is 14.4. The molecule has 110 valence electrons. The molecule has 0 aromatic heterocycles. The number of ether oxygens (including phenoxy) is 2. The van der Waals surface area contributed by atoms with E-state index in [4.69, 9.17) is 9.47 Å². The van der Waals surface area contributed by atoms with Crippen molar-refractivity contribution in [1.29, 1.82) is 0 Å². The van der Waals surface area contributed by atoms with E-state index in [9.17, 15) is 4.79 Å². The van der Waals surface area contributed by atoms with Gasteiger partial charge in [-0.15, -0.1) is 0 Å². The van der Waals surface area contributed by atoms with Crippen LogP contribution in [0.5, 0.6) is 5.75 Å². The third kappa shape index (κ3) is 5.21. The second-order valence-corrected chi connectivity index (χ2v) is 5.45. The van der Waals surface area contributed by atoms with Crippen LogP contribution in [-0.2, 0) is 9.53 Å². The summed E-state index contributed by atoms with van der Waals surface area (Å²) in [6.45, 7) is 4.87. The molecule has 4 heteroatoms. The molecule has 1 amide bonds. The van der Waals surface area contributed by atoms with Crippen molar-refractivity contribution in [2.24, 2.45) is 5.92 Å². The molecule has 1 aliphatic carbocycles. The molecule has 4 nitrogen and oxygen atoms in total. The zero-order valence-corrected chi connectivity index (χ0v) is 12.2. The Morgan fingerprint density at radius 3 is 2.65 bits per heavy atom. The molecule has 0 aliphatic heterocycles. The van der Waals surface area contributed by atoms with Gasteiger partial charge in [-0.05, 0) is 44.7 Å². The lowest BCUT2D eigenvalue weighted by molar-refractivity contribution is -0.132. The number of hydrogen-bond acceptors (Lipinski definition) is 3. The molecule has 1 aromatic carbocycles. The average molecular weight is 277 g/mol. The van der Waals surface area contributed by atoms with Crippen LogP contribution < -0.4 is 10.1 Å². The minimum atomic E-state index is -0.394. The Labute approximate surface area is 120 Å². The summed E-state index contributed by atoms with van der Waals surface area (Å²) in [5.74, 6) is 1.41.